The Hall–Kier alpha value is -2.58. The highest BCUT2D eigenvalue weighted by Crippen LogP contribution is 2.27. The smallest absolute Gasteiger partial charge is 0.251 e. The molecule has 8 heteroatoms. The van der Waals surface area contributed by atoms with Crippen molar-refractivity contribution >= 4 is 21.6 Å². The lowest BCUT2D eigenvalue weighted by Gasteiger charge is -2.28. The van der Waals surface area contributed by atoms with Crippen LogP contribution in [0.15, 0.2) is 47.4 Å². The molecule has 3 rings (SSSR count). The van der Waals surface area contributed by atoms with Gasteiger partial charge in [-0.15, -0.1) is 0 Å². The van der Waals surface area contributed by atoms with Gasteiger partial charge in [0.25, 0.3) is 5.91 Å². The van der Waals surface area contributed by atoms with Crippen LogP contribution in [-0.2, 0) is 10.0 Å². The van der Waals surface area contributed by atoms with Gasteiger partial charge in [0.15, 0.2) is 0 Å². The summed E-state index contributed by atoms with van der Waals surface area (Å²) >= 11 is 0. The highest BCUT2D eigenvalue weighted by atomic mass is 32.2. The number of nitrogens with zero attached hydrogens (tertiary/aromatic N) is 1. The average Bonchev–Trinajstić information content (AvgIpc) is 2.70. The number of methoxy groups -OCH3 is 1. The van der Waals surface area contributed by atoms with Crippen molar-refractivity contribution in [1.29, 1.82) is 0 Å². The third kappa shape index (κ3) is 4.94. The number of nitrogens with one attached hydrogen (secondary N) is 2. The summed E-state index contributed by atoms with van der Waals surface area (Å²) in [6.45, 7) is 1.88. The van der Waals surface area contributed by atoms with E-state index in [4.69, 9.17) is 4.74 Å². The molecule has 0 spiro atoms. The molecule has 0 radical (unpaired) electrons. The van der Waals surface area contributed by atoms with Crippen LogP contribution in [0, 0.1) is 0 Å². The first-order valence-electron chi connectivity index (χ1n) is 9.99. The lowest BCUT2D eigenvalue weighted by molar-refractivity contribution is 0.0939. The second-order valence-corrected chi connectivity index (χ2v) is 9.93. The van der Waals surface area contributed by atoms with Gasteiger partial charge < -0.3 is 15.4 Å². The molecule has 0 aliphatic heterocycles. The Morgan fingerprint density at radius 3 is 2.33 bits per heavy atom. The van der Waals surface area contributed by atoms with Crippen molar-refractivity contribution in [3.05, 3.63) is 53.6 Å². The van der Waals surface area contributed by atoms with Crippen molar-refractivity contribution in [2.45, 2.75) is 43.2 Å². The van der Waals surface area contributed by atoms with Gasteiger partial charge in [0.1, 0.15) is 5.75 Å². The van der Waals surface area contributed by atoms with Crippen molar-refractivity contribution in [1.82, 2.24) is 9.62 Å². The molecule has 2 N–H and O–H groups in total. The second-order valence-electron chi connectivity index (χ2n) is 7.77. The fourth-order valence-corrected chi connectivity index (χ4v) is 4.19. The van der Waals surface area contributed by atoms with Gasteiger partial charge in [0.2, 0.25) is 10.0 Å². The Kier molecular flexibility index (Phi) is 6.67. The number of ether oxygens (including phenoxy) is 1. The van der Waals surface area contributed by atoms with Gasteiger partial charge in [0, 0.05) is 31.4 Å². The van der Waals surface area contributed by atoms with E-state index in [0.717, 1.165) is 34.9 Å². The summed E-state index contributed by atoms with van der Waals surface area (Å²) in [6, 6.07) is 12.3. The number of amides is 1. The molecule has 0 aromatic heterocycles. The molecule has 30 heavy (non-hydrogen) atoms. The highest BCUT2D eigenvalue weighted by Gasteiger charge is 2.23. The standard InChI is InChI=1S/C22H29N3O4S/c1-15(16-8-10-20(29-4)11-9-16)23-22(26)17-12-19(24-18-6-5-7-18)14-21(13-17)30(27,28)25(2)3/h8-15,18,24H,5-7H2,1-4H3,(H,23,26)/t15-/m1/s1. The number of rotatable bonds is 8. The highest BCUT2D eigenvalue weighted by molar-refractivity contribution is 7.89. The average molecular weight is 432 g/mol. The number of carbonyl (C=O) groups is 1. The number of hydrogen-bond donors (Lipinski definition) is 2. The molecule has 0 heterocycles. The number of benzene rings is 2. The first kappa shape index (κ1) is 22.1. The SMILES string of the molecule is COc1ccc([C@@H](C)NC(=O)c2cc(NC3CCC3)cc(S(=O)(=O)N(C)C)c2)cc1. The van der Waals surface area contributed by atoms with Gasteiger partial charge in [-0.3, -0.25) is 4.79 Å². The van der Waals surface area contributed by atoms with E-state index in [0.29, 0.717) is 17.3 Å². The van der Waals surface area contributed by atoms with Crippen LogP contribution in [0.2, 0.25) is 0 Å². The van der Waals surface area contributed by atoms with E-state index in [1.807, 2.05) is 31.2 Å². The molecular weight excluding hydrogens is 402 g/mol. The van der Waals surface area contributed by atoms with E-state index in [2.05, 4.69) is 10.6 Å². The predicted molar refractivity (Wildman–Crippen MR) is 117 cm³/mol. The maximum absolute atomic E-state index is 13.0. The minimum absolute atomic E-state index is 0.0964. The van der Waals surface area contributed by atoms with E-state index >= 15 is 0 Å². The van der Waals surface area contributed by atoms with E-state index in [-0.39, 0.29) is 16.8 Å². The minimum atomic E-state index is -3.67. The van der Waals surface area contributed by atoms with Gasteiger partial charge >= 0.3 is 0 Å². The van der Waals surface area contributed by atoms with E-state index in [9.17, 15) is 13.2 Å². The second kappa shape index (κ2) is 9.06. The summed E-state index contributed by atoms with van der Waals surface area (Å²) < 4.78 is 31.7. The topological polar surface area (TPSA) is 87.7 Å². The summed E-state index contributed by atoms with van der Waals surface area (Å²) in [4.78, 5) is 13.0. The largest absolute Gasteiger partial charge is 0.497 e. The summed E-state index contributed by atoms with van der Waals surface area (Å²) in [6.07, 6.45) is 3.24. The number of sulfonamides is 1. The molecule has 1 fully saturated rings. The molecular formula is C22H29N3O4S. The number of hydrogen-bond acceptors (Lipinski definition) is 5. The van der Waals surface area contributed by atoms with Crippen LogP contribution < -0.4 is 15.4 Å². The molecule has 1 atom stereocenters. The lowest BCUT2D eigenvalue weighted by Crippen LogP contribution is -2.29. The lowest BCUT2D eigenvalue weighted by atomic mass is 9.93. The van der Waals surface area contributed by atoms with Gasteiger partial charge in [-0.1, -0.05) is 12.1 Å². The molecule has 7 nitrogen and oxygen atoms in total. The molecule has 162 valence electrons. The van der Waals surface area contributed by atoms with Gasteiger partial charge in [-0.25, -0.2) is 12.7 Å². The monoisotopic (exact) mass is 431 g/mol. The molecule has 2 aromatic carbocycles. The number of anilines is 1. The molecule has 0 unspecified atom stereocenters. The first-order valence-corrected chi connectivity index (χ1v) is 11.4. The van der Waals surface area contributed by atoms with E-state index in [1.54, 1.807) is 19.2 Å². The molecule has 2 aromatic rings. The number of carbonyl (C=O) groups excluding carboxylic acids is 1. The summed E-state index contributed by atoms with van der Waals surface area (Å²) in [5.41, 5.74) is 1.87. The zero-order valence-corrected chi connectivity index (χ0v) is 18.6. The normalized spacial score (nSPS) is 15.4. The van der Waals surface area contributed by atoms with Crippen LogP contribution >= 0.6 is 0 Å². The van der Waals surface area contributed by atoms with Crippen LogP contribution in [0.3, 0.4) is 0 Å². The van der Waals surface area contributed by atoms with Crippen LogP contribution in [0.25, 0.3) is 0 Å². The van der Waals surface area contributed by atoms with Crippen molar-refractivity contribution < 1.29 is 17.9 Å². The molecule has 1 amide bonds. The van der Waals surface area contributed by atoms with Gasteiger partial charge in [-0.05, 0) is 62.1 Å². The quantitative estimate of drug-likeness (QED) is 0.669. The fraction of sp³-hybridized carbons (Fsp3) is 0.409. The minimum Gasteiger partial charge on any atom is -0.497 e. The van der Waals surface area contributed by atoms with E-state index < -0.39 is 10.0 Å². The molecule has 1 aliphatic rings. The maximum atomic E-state index is 13.0. The molecule has 0 saturated heterocycles. The Morgan fingerprint density at radius 2 is 1.80 bits per heavy atom. The molecule has 1 saturated carbocycles. The van der Waals surface area contributed by atoms with Gasteiger partial charge in [0.05, 0.1) is 18.0 Å². The van der Waals surface area contributed by atoms with Crippen molar-refractivity contribution in [3.63, 3.8) is 0 Å². The summed E-state index contributed by atoms with van der Waals surface area (Å²) in [5.74, 6) is 0.413. The van der Waals surface area contributed by atoms with Gasteiger partial charge in [-0.2, -0.15) is 0 Å². The van der Waals surface area contributed by atoms with Crippen molar-refractivity contribution in [2.75, 3.05) is 26.5 Å². The Morgan fingerprint density at radius 1 is 1.13 bits per heavy atom. The third-order valence-electron chi connectivity index (χ3n) is 5.39. The Balaban J connectivity index is 1.86. The van der Waals surface area contributed by atoms with Crippen molar-refractivity contribution in [3.8, 4) is 5.75 Å². The Labute approximate surface area is 178 Å². The van der Waals surface area contributed by atoms with Crippen LogP contribution in [0.1, 0.15) is 48.1 Å². The predicted octanol–water partition coefficient (Wildman–Crippen LogP) is 3.40. The molecule has 1 aliphatic carbocycles. The van der Waals surface area contributed by atoms with Crippen LogP contribution in [0.5, 0.6) is 5.75 Å². The first-order chi connectivity index (χ1) is 14.2. The summed E-state index contributed by atoms with van der Waals surface area (Å²) in [5, 5.41) is 6.30. The molecule has 0 bridgehead atoms. The Bertz CT molecular complexity index is 1000. The zero-order chi connectivity index (χ0) is 21.9. The van der Waals surface area contributed by atoms with Crippen LogP contribution in [0.4, 0.5) is 5.69 Å². The van der Waals surface area contributed by atoms with Crippen molar-refractivity contribution in [2.24, 2.45) is 0 Å². The summed E-state index contributed by atoms with van der Waals surface area (Å²) in [7, 11) is 0.891. The fourth-order valence-electron chi connectivity index (χ4n) is 3.22. The third-order valence-corrected chi connectivity index (χ3v) is 7.18. The maximum Gasteiger partial charge on any atom is 0.251 e. The van der Waals surface area contributed by atoms with Crippen LogP contribution in [-0.4, -0.2) is 45.9 Å². The van der Waals surface area contributed by atoms with E-state index in [1.165, 1.54) is 20.2 Å². The zero-order valence-electron chi connectivity index (χ0n) is 17.8.